The van der Waals surface area contributed by atoms with Crippen LogP contribution in [0.2, 0.25) is 5.02 Å². The summed E-state index contributed by atoms with van der Waals surface area (Å²) in [6.07, 6.45) is 10.6. The second kappa shape index (κ2) is 8.97. The number of benzene rings is 1. The molecule has 0 bridgehead atoms. The summed E-state index contributed by atoms with van der Waals surface area (Å²) in [5, 5.41) is 7.87. The van der Waals surface area contributed by atoms with Crippen molar-refractivity contribution in [1.29, 1.82) is 0 Å². The van der Waals surface area contributed by atoms with Crippen LogP contribution < -0.4 is 5.73 Å². The van der Waals surface area contributed by atoms with E-state index < -0.39 is 0 Å². The standard InChI is InChI=1S/C14H10ClN3.C7H15N/c15-12-3-1-11(2-4-12)14-13(9-17-18-14)10-5-7-16-8-6-10;1-6-2-4-7(8)5-3-6/h1-9H,(H,17,18);6-7H,2-5,8H2,1H3. The van der Waals surface area contributed by atoms with Crippen LogP contribution in [0.3, 0.4) is 0 Å². The number of halogens is 1. The third kappa shape index (κ3) is 4.93. The number of H-pyrrole nitrogens is 1. The molecule has 0 radical (unpaired) electrons. The van der Waals surface area contributed by atoms with Crippen molar-refractivity contribution in [2.75, 3.05) is 0 Å². The largest absolute Gasteiger partial charge is 0.328 e. The highest BCUT2D eigenvalue weighted by atomic mass is 35.5. The lowest BCUT2D eigenvalue weighted by molar-refractivity contribution is 0.348. The maximum Gasteiger partial charge on any atom is 0.0728 e. The van der Waals surface area contributed by atoms with Gasteiger partial charge in [0.15, 0.2) is 0 Å². The molecule has 0 atom stereocenters. The van der Waals surface area contributed by atoms with E-state index in [2.05, 4.69) is 22.1 Å². The van der Waals surface area contributed by atoms with Gasteiger partial charge in [0.2, 0.25) is 0 Å². The molecule has 136 valence electrons. The van der Waals surface area contributed by atoms with Crippen molar-refractivity contribution < 1.29 is 0 Å². The molecule has 1 fully saturated rings. The van der Waals surface area contributed by atoms with Gasteiger partial charge in [-0.1, -0.05) is 30.7 Å². The number of rotatable bonds is 2. The third-order valence-corrected chi connectivity index (χ3v) is 5.08. The predicted octanol–water partition coefficient (Wildman–Crippen LogP) is 5.32. The summed E-state index contributed by atoms with van der Waals surface area (Å²) in [5.41, 5.74) is 9.88. The Morgan fingerprint density at radius 3 is 2.23 bits per heavy atom. The van der Waals surface area contributed by atoms with Crippen LogP contribution in [0.1, 0.15) is 32.6 Å². The lowest BCUT2D eigenvalue weighted by Crippen LogP contribution is -2.25. The average Bonchev–Trinajstić information content (AvgIpc) is 3.16. The van der Waals surface area contributed by atoms with Crippen molar-refractivity contribution in [2.45, 2.75) is 38.6 Å². The van der Waals surface area contributed by atoms with Gasteiger partial charge >= 0.3 is 0 Å². The van der Waals surface area contributed by atoms with Crippen LogP contribution in [0, 0.1) is 5.92 Å². The van der Waals surface area contributed by atoms with Crippen molar-refractivity contribution in [3.8, 4) is 22.4 Å². The van der Waals surface area contributed by atoms with Gasteiger partial charge in [-0.05, 0) is 61.4 Å². The van der Waals surface area contributed by atoms with E-state index in [1.54, 1.807) is 12.4 Å². The fourth-order valence-electron chi connectivity index (χ4n) is 3.16. The Hall–Kier alpha value is -2.17. The Balaban J connectivity index is 0.000000206. The second-order valence-corrected chi connectivity index (χ2v) is 7.36. The maximum atomic E-state index is 5.90. The van der Waals surface area contributed by atoms with E-state index in [9.17, 15) is 0 Å². The fourth-order valence-corrected chi connectivity index (χ4v) is 3.28. The number of pyridine rings is 1. The summed E-state index contributed by atoms with van der Waals surface area (Å²) in [4.78, 5) is 4.02. The lowest BCUT2D eigenvalue weighted by atomic mass is 9.88. The highest BCUT2D eigenvalue weighted by Crippen LogP contribution is 2.30. The molecule has 4 rings (SSSR count). The van der Waals surface area contributed by atoms with Crippen LogP contribution in [0.5, 0.6) is 0 Å². The van der Waals surface area contributed by atoms with Crippen molar-refractivity contribution >= 4 is 11.6 Å². The second-order valence-electron chi connectivity index (χ2n) is 6.92. The lowest BCUT2D eigenvalue weighted by Gasteiger charge is -2.22. The molecule has 3 aromatic rings. The average molecular weight is 369 g/mol. The minimum absolute atomic E-state index is 0.520. The molecule has 4 nitrogen and oxygen atoms in total. The van der Waals surface area contributed by atoms with Gasteiger partial charge in [0.25, 0.3) is 0 Å². The maximum absolute atomic E-state index is 5.90. The zero-order chi connectivity index (χ0) is 18.4. The van der Waals surface area contributed by atoms with Crippen LogP contribution >= 0.6 is 11.6 Å². The van der Waals surface area contributed by atoms with Gasteiger partial charge in [0, 0.05) is 34.6 Å². The molecule has 1 aliphatic carbocycles. The number of hydrogen-bond acceptors (Lipinski definition) is 3. The van der Waals surface area contributed by atoms with Crippen LogP contribution in [0.15, 0.2) is 55.0 Å². The van der Waals surface area contributed by atoms with E-state index in [1.807, 2.05) is 42.6 Å². The van der Waals surface area contributed by atoms with Gasteiger partial charge in [0.1, 0.15) is 0 Å². The van der Waals surface area contributed by atoms with Crippen LogP contribution in [0.4, 0.5) is 0 Å². The Morgan fingerprint density at radius 1 is 0.962 bits per heavy atom. The van der Waals surface area contributed by atoms with Crippen molar-refractivity contribution in [3.05, 3.63) is 60.0 Å². The first kappa shape index (κ1) is 18.6. The molecule has 2 aromatic heterocycles. The number of nitrogens with zero attached hydrogens (tertiary/aromatic N) is 2. The molecule has 1 aliphatic rings. The van der Waals surface area contributed by atoms with Gasteiger partial charge in [-0.2, -0.15) is 5.10 Å². The first-order valence-electron chi connectivity index (χ1n) is 9.08. The van der Waals surface area contributed by atoms with E-state index in [4.69, 9.17) is 17.3 Å². The van der Waals surface area contributed by atoms with Crippen molar-refractivity contribution in [1.82, 2.24) is 15.2 Å². The predicted molar refractivity (Wildman–Crippen MR) is 108 cm³/mol. The molecule has 26 heavy (non-hydrogen) atoms. The first-order valence-corrected chi connectivity index (χ1v) is 9.46. The molecular weight excluding hydrogens is 344 g/mol. The third-order valence-electron chi connectivity index (χ3n) is 4.82. The molecule has 0 aliphatic heterocycles. The summed E-state index contributed by atoms with van der Waals surface area (Å²) < 4.78 is 0. The number of hydrogen-bond donors (Lipinski definition) is 2. The topological polar surface area (TPSA) is 67.6 Å². The Kier molecular flexibility index (Phi) is 6.42. The normalized spacial score (nSPS) is 19.5. The molecule has 5 heteroatoms. The summed E-state index contributed by atoms with van der Waals surface area (Å²) in [5.74, 6) is 0.940. The molecular formula is C21H25ClN4. The Bertz CT molecular complexity index is 780. The quantitative estimate of drug-likeness (QED) is 0.643. The Labute approximate surface area is 159 Å². The smallest absolute Gasteiger partial charge is 0.0728 e. The van der Waals surface area contributed by atoms with Crippen LogP contribution in [-0.2, 0) is 0 Å². The van der Waals surface area contributed by atoms with Gasteiger partial charge in [-0.15, -0.1) is 0 Å². The molecule has 1 saturated carbocycles. The Morgan fingerprint density at radius 2 is 1.62 bits per heavy atom. The van der Waals surface area contributed by atoms with E-state index in [0.717, 1.165) is 33.3 Å². The van der Waals surface area contributed by atoms with E-state index in [-0.39, 0.29) is 0 Å². The molecule has 0 amide bonds. The molecule has 1 aromatic carbocycles. The minimum atomic E-state index is 0.520. The van der Waals surface area contributed by atoms with Crippen LogP contribution in [0.25, 0.3) is 22.4 Å². The monoisotopic (exact) mass is 368 g/mol. The first-order chi connectivity index (χ1) is 12.6. The van der Waals surface area contributed by atoms with Crippen LogP contribution in [-0.4, -0.2) is 21.2 Å². The number of aromatic amines is 1. The SMILES string of the molecule is CC1CCC(N)CC1.Clc1ccc(-c2[nH]ncc2-c2ccncc2)cc1. The molecule has 0 saturated heterocycles. The van der Waals surface area contributed by atoms with E-state index in [0.29, 0.717) is 6.04 Å². The van der Waals surface area contributed by atoms with Gasteiger partial charge in [0.05, 0.1) is 11.9 Å². The number of nitrogens with two attached hydrogens (primary N) is 1. The van der Waals surface area contributed by atoms with Crippen molar-refractivity contribution in [2.24, 2.45) is 11.7 Å². The summed E-state index contributed by atoms with van der Waals surface area (Å²) >= 11 is 5.90. The van der Waals surface area contributed by atoms with E-state index in [1.165, 1.54) is 25.7 Å². The minimum Gasteiger partial charge on any atom is -0.328 e. The molecule has 0 spiro atoms. The van der Waals surface area contributed by atoms with Gasteiger partial charge < -0.3 is 5.73 Å². The highest BCUT2D eigenvalue weighted by Gasteiger charge is 2.13. The number of aromatic nitrogens is 3. The van der Waals surface area contributed by atoms with Gasteiger partial charge in [-0.3, -0.25) is 10.1 Å². The van der Waals surface area contributed by atoms with Gasteiger partial charge in [-0.25, -0.2) is 0 Å². The summed E-state index contributed by atoms with van der Waals surface area (Å²) in [6, 6.07) is 12.1. The zero-order valence-electron chi connectivity index (χ0n) is 15.0. The molecule has 3 N–H and O–H groups in total. The van der Waals surface area contributed by atoms with Crippen molar-refractivity contribution in [3.63, 3.8) is 0 Å². The highest BCUT2D eigenvalue weighted by molar-refractivity contribution is 6.30. The summed E-state index contributed by atoms with van der Waals surface area (Å²) in [6.45, 7) is 2.31. The van der Waals surface area contributed by atoms with E-state index >= 15 is 0 Å². The fraction of sp³-hybridized carbons (Fsp3) is 0.333. The number of nitrogens with one attached hydrogen (secondary N) is 1. The molecule has 0 unspecified atom stereocenters. The molecule has 2 heterocycles. The summed E-state index contributed by atoms with van der Waals surface area (Å²) in [7, 11) is 0. The zero-order valence-corrected chi connectivity index (χ0v) is 15.8.